The minimum absolute atomic E-state index is 0.144. The zero-order valence-electron chi connectivity index (χ0n) is 15.5. The van der Waals surface area contributed by atoms with Gasteiger partial charge in [-0.05, 0) is 24.3 Å². The van der Waals surface area contributed by atoms with E-state index in [1.807, 2.05) is 0 Å². The Morgan fingerprint density at radius 1 is 1.17 bits per heavy atom. The maximum atomic E-state index is 12.9. The molecular weight excluding hydrogens is 428 g/mol. The molecule has 150 valence electrons. The first kappa shape index (κ1) is 21.0. The lowest BCUT2D eigenvalue weighted by Crippen LogP contribution is -2.29. The summed E-state index contributed by atoms with van der Waals surface area (Å²) in [5, 5.41) is 11.0. The van der Waals surface area contributed by atoms with Gasteiger partial charge in [0.15, 0.2) is 4.34 Å². The van der Waals surface area contributed by atoms with Gasteiger partial charge in [-0.15, -0.1) is 16.8 Å². The number of benzene rings is 2. The van der Waals surface area contributed by atoms with Crippen molar-refractivity contribution in [2.45, 2.75) is 9.24 Å². The van der Waals surface area contributed by atoms with E-state index in [1.165, 1.54) is 42.3 Å². The molecule has 1 aromatic heterocycles. The summed E-state index contributed by atoms with van der Waals surface area (Å²) >= 11 is 2.70. The number of para-hydroxylation sites is 1. The highest BCUT2D eigenvalue weighted by atomic mass is 32.2. The third kappa shape index (κ3) is 4.84. The normalized spacial score (nSPS) is 11.1. The lowest BCUT2D eigenvalue weighted by atomic mass is 10.1. The fourth-order valence-electron chi connectivity index (χ4n) is 2.43. The molecule has 0 atom stereocenters. The van der Waals surface area contributed by atoms with E-state index in [9.17, 15) is 13.2 Å². The van der Waals surface area contributed by atoms with Crippen LogP contribution in [0, 0.1) is 0 Å². The molecular formula is C19H18N4O3S3. The Kier molecular flexibility index (Phi) is 6.68. The van der Waals surface area contributed by atoms with Crippen LogP contribution in [0.4, 0.5) is 10.8 Å². The molecule has 3 rings (SSSR count). The van der Waals surface area contributed by atoms with Crippen molar-refractivity contribution in [1.82, 2.24) is 10.2 Å². The smallest absolute Gasteiger partial charge is 0.264 e. The van der Waals surface area contributed by atoms with Crippen LogP contribution in [0.1, 0.15) is 10.4 Å². The quantitative estimate of drug-likeness (QED) is 0.321. The van der Waals surface area contributed by atoms with Crippen LogP contribution >= 0.6 is 23.1 Å². The zero-order valence-corrected chi connectivity index (χ0v) is 17.9. The molecule has 1 N–H and O–H groups in total. The van der Waals surface area contributed by atoms with Crippen molar-refractivity contribution in [3.63, 3.8) is 0 Å². The van der Waals surface area contributed by atoms with Gasteiger partial charge in [0.05, 0.1) is 16.1 Å². The van der Waals surface area contributed by atoms with Crippen LogP contribution in [0.3, 0.4) is 0 Å². The van der Waals surface area contributed by atoms with E-state index < -0.39 is 15.9 Å². The first-order chi connectivity index (χ1) is 13.9. The van der Waals surface area contributed by atoms with Gasteiger partial charge in [-0.2, -0.15) is 0 Å². The fraction of sp³-hybridized carbons (Fsp3) is 0.105. The van der Waals surface area contributed by atoms with Gasteiger partial charge in [0.2, 0.25) is 5.13 Å². The number of nitrogens with one attached hydrogen (secondary N) is 1. The number of sulfonamides is 1. The van der Waals surface area contributed by atoms with Gasteiger partial charge in [-0.25, -0.2) is 8.42 Å². The molecule has 10 heteroatoms. The molecule has 0 spiro atoms. The third-order valence-corrected chi connectivity index (χ3v) is 7.59. The Hall–Kier alpha value is -2.69. The van der Waals surface area contributed by atoms with Gasteiger partial charge in [0.25, 0.3) is 15.9 Å². The number of rotatable bonds is 8. The van der Waals surface area contributed by atoms with E-state index in [1.54, 1.807) is 48.5 Å². The number of hydrogen-bond acceptors (Lipinski definition) is 7. The highest BCUT2D eigenvalue weighted by Gasteiger charge is 2.25. The van der Waals surface area contributed by atoms with E-state index in [2.05, 4.69) is 22.1 Å². The standard InChI is InChI=1S/C19H18N4O3S3/c1-3-13-27-19-22-21-18(28-19)20-17(24)15-11-7-8-12-16(15)23(2)29(25,26)14-9-5-4-6-10-14/h3-12H,1,13H2,2H3,(H,20,21,24). The molecule has 0 aliphatic rings. The number of amides is 1. The molecule has 0 aliphatic heterocycles. The Balaban J connectivity index is 1.85. The molecule has 0 saturated heterocycles. The summed E-state index contributed by atoms with van der Waals surface area (Å²) in [6, 6.07) is 14.6. The minimum atomic E-state index is -3.81. The summed E-state index contributed by atoms with van der Waals surface area (Å²) in [7, 11) is -2.39. The lowest BCUT2D eigenvalue weighted by molar-refractivity contribution is 0.102. The molecule has 3 aromatic rings. The minimum Gasteiger partial charge on any atom is -0.296 e. The second-order valence-corrected chi connectivity index (χ2v) is 9.94. The number of hydrogen-bond donors (Lipinski definition) is 1. The second kappa shape index (κ2) is 9.21. The summed E-state index contributed by atoms with van der Waals surface area (Å²) in [6.07, 6.45) is 1.75. The van der Waals surface area contributed by atoms with E-state index in [0.717, 1.165) is 4.31 Å². The van der Waals surface area contributed by atoms with E-state index >= 15 is 0 Å². The van der Waals surface area contributed by atoms with Crippen molar-refractivity contribution in [2.75, 3.05) is 22.4 Å². The third-order valence-electron chi connectivity index (χ3n) is 3.84. The average molecular weight is 447 g/mol. The molecule has 0 saturated carbocycles. The predicted octanol–water partition coefficient (Wildman–Crippen LogP) is 3.89. The van der Waals surface area contributed by atoms with Crippen LogP contribution in [-0.4, -0.2) is 37.3 Å². The predicted molar refractivity (Wildman–Crippen MR) is 117 cm³/mol. The van der Waals surface area contributed by atoms with Gasteiger partial charge in [0.1, 0.15) is 0 Å². The van der Waals surface area contributed by atoms with Crippen molar-refractivity contribution in [2.24, 2.45) is 0 Å². The summed E-state index contributed by atoms with van der Waals surface area (Å²) in [5.41, 5.74) is 0.477. The SMILES string of the molecule is C=CCSc1nnc(NC(=O)c2ccccc2N(C)S(=O)(=O)c2ccccc2)s1. The molecule has 1 heterocycles. The largest absolute Gasteiger partial charge is 0.296 e. The van der Waals surface area contributed by atoms with Gasteiger partial charge in [-0.3, -0.25) is 14.4 Å². The lowest BCUT2D eigenvalue weighted by Gasteiger charge is -2.21. The summed E-state index contributed by atoms with van der Waals surface area (Å²) in [4.78, 5) is 13.0. The highest BCUT2D eigenvalue weighted by molar-refractivity contribution is 8.01. The van der Waals surface area contributed by atoms with Crippen LogP contribution in [0.5, 0.6) is 0 Å². The van der Waals surface area contributed by atoms with E-state index in [0.29, 0.717) is 15.2 Å². The Labute approximate surface area is 177 Å². The second-order valence-electron chi connectivity index (χ2n) is 5.73. The van der Waals surface area contributed by atoms with Gasteiger partial charge in [0, 0.05) is 12.8 Å². The van der Waals surface area contributed by atoms with Crippen molar-refractivity contribution >= 4 is 49.8 Å². The van der Waals surface area contributed by atoms with Gasteiger partial charge >= 0.3 is 0 Å². The van der Waals surface area contributed by atoms with Crippen molar-refractivity contribution in [3.05, 3.63) is 72.8 Å². The van der Waals surface area contributed by atoms with E-state index in [-0.39, 0.29) is 16.1 Å². The van der Waals surface area contributed by atoms with Crippen LogP contribution in [-0.2, 0) is 10.0 Å². The van der Waals surface area contributed by atoms with Crippen LogP contribution < -0.4 is 9.62 Å². The summed E-state index contributed by atoms with van der Waals surface area (Å²) < 4.78 is 27.7. The number of aromatic nitrogens is 2. The van der Waals surface area contributed by atoms with Gasteiger partial charge in [-0.1, -0.05) is 59.5 Å². The molecule has 0 unspecified atom stereocenters. The molecule has 29 heavy (non-hydrogen) atoms. The Morgan fingerprint density at radius 3 is 2.59 bits per heavy atom. The monoisotopic (exact) mass is 446 g/mol. The molecule has 0 radical (unpaired) electrons. The topological polar surface area (TPSA) is 92.3 Å². The average Bonchev–Trinajstić information content (AvgIpc) is 3.19. The van der Waals surface area contributed by atoms with Gasteiger partial charge < -0.3 is 0 Å². The van der Waals surface area contributed by atoms with Crippen LogP contribution in [0.25, 0.3) is 0 Å². The number of nitrogens with zero attached hydrogens (tertiary/aromatic N) is 3. The van der Waals surface area contributed by atoms with Crippen LogP contribution in [0.15, 0.2) is 76.5 Å². The molecule has 7 nitrogen and oxygen atoms in total. The number of carbonyl (C=O) groups is 1. The number of carbonyl (C=O) groups excluding carboxylic acids is 1. The Bertz CT molecular complexity index is 1110. The first-order valence-corrected chi connectivity index (χ1v) is 11.7. The fourth-order valence-corrected chi connectivity index (χ4v) is 5.18. The van der Waals surface area contributed by atoms with E-state index in [4.69, 9.17) is 0 Å². The van der Waals surface area contributed by atoms with Crippen molar-refractivity contribution in [3.8, 4) is 0 Å². The number of anilines is 2. The Morgan fingerprint density at radius 2 is 1.86 bits per heavy atom. The summed E-state index contributed by atoms with van der Waals surface area (Å²) in [6.45, 7) is 3.65. The number of thioether (sulfide) groups is 1. The molecule has 2 aromatic carbocycles. The zero-order chi connectivity index (χ0) is 20.9. The molecule has 1 amide bonds. The maximum Gasteiger partial charge on any atom is 0.264 e. The first-order valence-electron chi connectivity index (χ1n) is 8.45. The molecule has 0 fully saturated rings. The molecule has 0 aliphatic carbocycles. The maximum absolute atomic E-state index is 12.9. The highest BCUT2D eigenvalue weighted by Crippen LogP contribution is 2.28. The summed E-state index contributed by atoms with van der Waals surface area (Å²) in [5.74, 6) is 0.222. The van der Waals surface area contributed by atoms with Crippen molar-refractivity contribution < 1.29 is 13.2 Å². The van der Waals surface area contributed by atoms with Crippen molar-refractivity contribution in [1.29, 1.82) is 0 Å². The van der Waals surface area contributed by atoms with Crippen LogP contribution in [0.2, 0.25) is 0 Å². The molecule has 0 bridgehead atoms.